The third-order valence-electron chi connectivity index (χ3n) is 2.46. The molecule has 0 aliphatic carbocycles. The molecule has 0 aliphatic heterocycles. The van der Waals surface area contributed by atoms with E-state index in [-0.39, 0.29) is 0 Å². The number of rotatable bonds is 3. The average molecular weight is 236 g/mol. The van der Waals surface area contributed by atoms with Crippen LogP contribution in [0.3, 0.4) is 0 Å². The smallest absolute Gasteiger partial charge is 0.139 e. The molecule has 3 nitrogen and oxygen atoms in total. The molecule has 0 atom stereocenters. The largest absolute Gasteiger partial charge is 0.342 e. The molecular formula is C12H14ClN3. The number of aromatic nitrogens is 2. The van der Waals surface area contributed by atoms with Crippen LogP contribution in [0.25, 0.3) is 11.4 Å². The molecular weight excluding hydrogens is 222 g/mol. The highest BCUT2D eigenvalue weighted by Gasteiger charge is 2.09. The fraction of sp³-hybridized carbons (Fsp3) is 0.250. The second kappa shape index (κ2) is 4.68. The van der Waals surface area contributed by atoms with Crippen LogP contribution in [0.5, 0.6) is 0 Å². The van der Waals surface area contributed by atoms with Gasteiger partial charge in [-0.3, -0.25) is 0 Å². The number of benzene rings is 1. The number of aromatic amines is 1. The maximum atomic E-state index is 6.12. The molecule has 0 bridgehead atoms. The van der Waals surface area contributed by atoms with E-state index in [1.54, 1.807) is 0 Å². The van der Waals surface area contributed by atoms with Crippen molar-refractivity contribution >= 4 is 11.6 Å². The first-order chi connectivity index (χ1) is 7.72. The molecule has 1 heterocycles. The van der Waals surface area contributed by atoms with Gasteiger partial charge in [0, 0.05) is 17.8 Å². The van der Waals surface area contributed by atoms with E-state index in [2.05, 4.69) is 15.3 Å². The van der Waals surface area contributed by atoms with Crippen LogP contribution in [0.4, 0.5) is 0 Å². The highest BCUT2D eigenvalue weighted by molar-refractivity contribution is 6.33. The Labute approximate surface area is 99.9 Å². The summed E-state index contributed by atoms with van der Waals surface area (Å²) >= 11 is 6.12. The van der Waals surface area contributed by atoms with Gasteiger partial charge in [0.05, 0.1) is 10.7 Å². The van der Waals surface area contributed by atoms with Crippen molar-refractivity contribution < 1.29 is 0 Å². The quantitative estimate of drug-likeness (QED) is 0.859. The van der Waals surface area contributed by atoms with Crippen LogP contribution in [-0.4, -0.2) is 17.0 Å². The molecule has 0 saturated carbocycles. The molecule has 0 amide bonds. The second-order valence-electron chi connectivity index (χ2n) is 3.67. The lowest BCUT2D eigenvalue weighted by atomic mass is 10.2. The number of hydrogen-bond donors (Lipinski definition) is 2. The van der Waals surface area contributed by atoms with E-state index < -0.39 is 0 Å². The third kappa shape index (κ3) is 2.10. The highest BCUT2D eigenvalue weighted by Crippen LogP contribution is 2.25. The van der Waals surface area contributed by atoms with Gasteiger partial charge < -0.3 is 10.3 Å². The lowest BCUT2D eigenvalue weighted by Gasteiger charge is -1.98. The molecule has 0 spiro atoms. The predicted molar refractivity (Wildman–Crippen MR) is 66.5 cm³/mol. The van der Waals surface area contributed by atoms with Gasteiger partial charge in [0.2, 0.25) is 0 Å². The van der Waals surface area contributed by atoms with Gasteiger partial charge >= 0.3 is 0 Å². The molecule has 0 aliphatic rings. The van der Waals surface area contributed by atoms with Gasteiger partial charge in [0.1, 0.15) is 5.82 Å². The van der Waals surface area contributed by atoms with E-state index >= 15 is 0 Å². The Hall–Kier alpha value is -1.32. The number of aryl methyl sites for hydroxylation is 1. The Morgan fingerprint density at radius 1 is 1.38 bits per heavy atom. The normalized spacial score (nSPS) is 10.7. The lowest BCUT2D eigenvalue weighted by Crippen LogP contribution is -2.06. The van der Waals surface area contributed by atoms with E-state index in [0.29, 0.717) is 5.02 Å². The first-order valence-electron chi connectivity index (χ1n) is 5.17. The summed E-state index contributed by atoms with van der Waals surface area (Å²) in [5, 5.41) is 3.80. The number of halogens is 1. The molecule has 2 aromatic rings. The molecule has 0 fully saturated rings. The first kappa shape index (κ1) is 11.2. The summed E-state index contributed by atoms with van der Waals surface area (Å²) in [6, 6.07) is 7.70. The third-order valence-corrected chi connectivity index (χ3v) is 2.79. The van der Waals surface area contributed by atoms with E-state index in [1.807, 2.05) is 38.2 Å². The van der Waals surface area contributed by atoms with Crippen molar-refractivity contribution in [3.05, 3.63) is 40.7 Å². The van der Waals surface area contributed by atoms with Gasteiger partial charge in [-0.25, -0.2) is 4.98 Å². The summed E-state index contributed by atoms with van der Waals surface area (Å²) in [7, 11) is 1.91. The van der Waals surface area contributed by atoms with E-state index in [4.69, 9.17) is 11.6 Å². The van der Waals surface area contributed by atoms with Crippen molar-refractivity contribution in [3.63, 3.8) is 0 Å². The molecule has 1 aromatic carbocycles. The van der Waals surface area contributed by atoms with E-state index in [1.165, 1.54) is 0 Å². The SMILES string of the molecule is CNCc1nc(-c2ccccc2Cl)[nH]c1C. The van der Waals surface area contributed by atoms with Gasteiger partial charge in [-0.2, -0.15) is 0 Å². The Bertz CT molecular complexity index is 491. The zero-order valence-electron chi connectivity index (χ0n) is 9.34. The maximum absolute atomic E-state index is 6.12. The zero-order chi connectivity index (χ0) is 11.5. The standard InChI is InChI=1S/C12H14ClN3/c1-8-11(7-14-2)16-12(15-8)9-5-3-4-6-10(9)13/h3-6,14H,7H2,1-2H3,(H,15,16). The minimum absolute atomic E-state index is 0.715. The van der Waals surface area contributed by atoms with Gasteiger partial charge in [-0.15, -0.1) is 0 Å². The lowest BCUT2D eigenvalue weighted by molar-refractivity contribution is 0.791. The van der Waals surface area contributed by atoms with Crippen LogP contribution >= 0.6 is 11.6 Å². The number of H-pyrrole nitrogens is 1. The average Bonchev–Trinajstić information content (AvgIpc) is 2.61. The van der Waals surface area contributed by atoms with Crippen molar-refractivity contribution in [3.8, 4) is 11.4 Å². The Morgan fingerprint density at radius 2 is 2.12 bits per heavy atom. The number of hydrogen-bond acceptors (Lipinski definition) is 2. The van der Waals surface area contributed by atoms with Gasteiger partial charge in [0.25, 0.3) is 0 Å². The topological polar surface area (TPSA) is 40.7 Å². The molecule has 0 radical (unpaired) electrons. The van der Waals surface area contributed by atoms with E-state index in [0.717, 1.165) is 29.3 Å². The first-order valence-corrected chi connectivity index (χ1v) is 5.55. The van der Waals surface area contributed by atoms with Crippen molar-refractivity contribution in [1.29, 1.82) is 0 Å². The van der Waals surface area contributed by atoms with Crippen LogP contribution in [0, 0.1) is 6.92 Å². The zero-order valence-corrected chi connectivity index (χ0v) is 10.1. The van der Waals surface area contributed by atoms with Crippen LogP contribution in [0.2, 0.25) is 5.02 Å². The van der Waals surface area contributed by atoms with Crippen LogP contribution in [0.1, 0.15) is 11.4 Å². The summed E-state index contributed by atoms with van der Waals surface area (Å²) in [6.07, 6.45) is 0. The van der Waals surface area contributed by atoms with Gasteiger partial charge in [-0.1, -0.05) is 23.7 Å². The molecule has 0 unspecified atom stereocenters. The summed E-state index contributed by atoms with van der Waals surface area (Å²) in [5.74, 6) is 0.827. The van der Waals surface area contributed by atoms with Crippen molar-refractivity contribution in [2.75, 3.05) is 7.05 Å². The highest BCUT2D eigenvalue weighted by atomic mass is 35.5. The Balaban J connectivity index is 2.42. The Kier molecular flexibility index (Phi) is 3.27. The molecule has 4 heteroatoms. The van der Waals surface area contributed by atoms with Gasteiger partial charge in [-0.05, 0) is 26.1 Å². The minimum atomic E-state index is 0.715. The molecule has 1 aromatic heterocycles. The van der Waals surface area contributed by atoms with Crippen LogP contribution in [-0.2, 0) is 6.54 Å². The molecule has 0 saturated heterocycles. The van der Waals surface area contributed by atoms with Crippen LogP contribution in [0.15, 0.2) is 24.3 Å². The molecule has 2 N–H and O–H groups in total. The number of nitrogens with one attached hydrogen (secondary N) is 2. The predicted octanol–water partition coefficient (Wildman–Crippen LogP) is 2.76. The number of imidazole rings is 1. The molecule has 84 valence electrons. The fourth-order valence-electron chi connectivity index (χ4n) is 1.62. The summed E-state index contributed by atoms with van der Waals surface area (Å²) < 4.78 is 0. The summed E-state index contributed by atoms with van der Waals surface area (Å²) in [4.78, 5) is 7.78. The van der Waals surface area contributed by atoms with Crippen molar-refractivity contribution in [2.24, 2.45) is 0 Å². The van der Waals surface area contributed by atoms with Crippen molar-refractivity contribution in [2.45, 2.75) is 13.5 Å². The second-order valence-corrected chi connectivity index (χ2v) is 4.07. The summed E-state index contributed by atoms with van der Waals surface area (Å²) in [6.45, 7) is 2.77. The summed E-state index contributed by atoms with van der Waals surface area (Å²) in [5.41, 5.74) is 3.04. The fourth-order valence-corrected chi connectivity index (χ4v) is 1.84. The van der Waals surface area contributed by atoms with E-state index in [9.17, 15) is 0 Å². The Morgan fingerprint density at radius 3 is 2.81 bits per heavy atom. The maximum Gasteiger partial charge on any atom is 0.139 e. The minimum Gasteiger partial charge on any atom is -0.342 e. The van der Waals surface area contributed by atoms with Crippen LogP contribution < -0.4 is 5.32 Å². The molecule has 2 rings (SSSR count). The monoisotopic (exact) mass is 235 g/mol. The molecule has 16 heavy (non-hydrogen) atoms. The number of nitrogens with zero attached hydrogens (tertiary/aromatic N) is 1. The van der Waals surface area contributed by atoms with Gasteiger partial charge in [0.15, 0.2) is 0 Å². The van der Waals surface area contributed by atoms with Crippen molar-refractivity contribution in [1.82, 2.24) is 15.3 Å².